The van der Waals surface area contributed by atoms with Gasteiger partial charge in [0.15, 0.2) is 0 Å². The van der Waals surface area contributed by atoms with Crippen molar-refractivity contribution >= 4 is 18.3 Å². The molecule has 1 amide bonds. The van der Waals surface area contributed by atoms with E-state index in [1.54, 1.807) is 0 Å². The van der Waals surface area contributed by atoms with Crippen molar-refractivity contribution in [3.05, 3.63) is 0 Å². The van der Waals surface area contributed by atoms with E-state index in [-0.39, 0.29) is 23.9 Å². The first-order valence-electron chi connectivity index (χ1n) is 5.77. The molecular weight excluding hydrogens is 226 g/mol. The van der Waals surface area contributed by atoms with Gasteiger partial charge in [-0.2, -0.15) is 0 Å². The Bertz CT molecular complexity index is 264. The van der Waals surface area contributed by atoms with Crippen LogP contribution in [0.2, 0.25) is 0 Å². The Balaban J connectivity index is 0.00000128. The molecule has 3 N–H and O–H groups in total. The molecule has 2 heterocycles. The van der Waals surface area contributed by atoms with Gasteiger partial charge in [0, 0.05) is 37.1 Å². The second kappa shape index (κ2) is 4.90. The molecule has 2 unspecified atom stereocenters. The summed E-state index contributed by atoms with van der Waals surface area (Å²) >= 11 is 0. The van der Waals surface area contributed by atoms with Gasteiger partial charge in [0.05, 0.1) is 0 Å². The van der Waals surface area contributed by atoms with Crippen molar-refractivity contribution in [3.8, 4) is 0 Å². The van der Waals surface area contributed by atoms with Crippen LogP contribution in [-0.4, -0.2) is 41.5 Å². The van der Waals surface area contributed by atoms with Crippen molar-refractivity contribution in [2.45, 2.75) is 50.7 Å². The highest BCUT2D eigenvalue weighted by molar-refractivity contribution is 5.85. The van der Waals surface area contributed by atoms with Crippen LogP contribution in [0.1, 0.15) is 33.1 Å². The van der Waals surface area contributed by atoms with Crippen LogP contribution in [0.4, 0.5) is 0 Å². The average Bonchev–Trinajstić information content (AvgIpc) is 2.33. The molecule has 2 fully saturated rings. The van der Waals surface area contributed by atoms with Crippen LogP contribution < -0.4 is 11.1 Å². The van der Waals surface area contributed by atoms with E-state index < -0.39 is 0 Å². The number of nitrogens with two attached hydrogens (primary N) is 1. The van der Waals surface area contributed by atoms with Gasteiger partial charge in [0.1, 0.15) is 0 Å². The molecule has 2 rings (SSSR count). The van der Waals surface area contributed by atoms with Crippen molar-refractivity contribution in [1.82, 2.24) is 10.2 Å². The third kappa shape index (κ3) is 3.09. The number of nitrogens with zero attached hydrogens (tertiary/aromatic N) is 1. The molecule has 16 heavy (non-hydrogen) atoms. The van der Waals surface area contributed by atoms with Crippen LogP contribution in [0.5, 0.6) is 0 Å². The molecule has 2 saturated heterocycles. The number of fused-ring (bicyclic) bond motifs is 2. The van der Waals surface area contributed by atoms with Gasteiger partial charge in [-0.25, -0.2) is 0 Å². The predicted octanol–water partition coefficient (Wildman–Crippen LogP) is 0.498. The molecule has 4 nitrogen and oxygen atoms in total. The van der Waals surface area contributed by atoms with Crippen LogP contribution in [-0.2, 0) is 4.79 Å². The van der Waals surface area contributed by atoms with E-state index in [1.165, 1.54) is 6.42 Å². The molecule has 5 heteroatoms. The highest BCUT2D eigenvalue weighted by Crippen LogP contribution is 2.29. The molecular formula is C11H22ClN3O. The number of halogens is 1. The zero-order valence-corrected chi connectivity index (χ0v) is 10.8. The molecule has 2 aliphatic rings. The standard InChI is InChI=1S/C11H21N3O.ClH/c1-11(2,12)7-14-8-3-4-9(14)6-13-10(15)5-8;/h8-9H,3-7,12H2,1-2H3,(H,13,15);1H. The maximum atomic E-state index is 11.4. The first kappa shape index (κ1) is 13.7. The molecule has 94 valence electrons. The summed E-state index contributed by atoms with van der Waals surface area (Å²) in [5.41, 5.74) is 5.88. The summed E-state index contributed by atoms with van der Waals surface area (Å²) in [6.07, 6.45) is 2.99. The molecule has 0 saturated carbocycles. The van der Waals surface area contributed by atoms with Gasteiger partial charge in [-0.05, 0) is 26.7 Å². The van der Waals surface area contributed by atoms with E-state index in [0.29, 0.717) is 18.5 Å². The van der Waals surface area contributed by atoms with Gasteiger partial charge in [-0.15, -0.1) is 12.4 Å². The lowest BCUT2D eigenvalue weighted by molar-refractivity contribution is -0.121. The maximum Gasteiger partial charge on any atom is 0.221 e. The number of rotatable bonds is 2. The summed E-state index contributed by atoms with van der Waals surface area (Å²) < 4.78 is 0. The third-order valence-corrected chi connectivity index (χ3v) is 3.32. The number of carbonyl (C=O) groups is 1. The molecule has 2 atom stereocenters. The first-order chi connectivity index (χ1) is 6.96. The Morgan fingerprint density at radius 3 is 2.69 bits per heavy atom. The number of hydrogen-bond acceptors (Lipinski definition) is 3. The quantitative estimate of drug-likeness (QED) is 0.747. The number of amides is 1. The molecule has 0 radical (unpaired) electrons. The molecule has 0 aliphatic carbocycles. The smallest absolute Gasteiger partial charge is 0.221 e. The average molecular weight is 248 g/mol. The fraction of sp³-hybridized carbons (Fsp3) is 0.909. The van der Waals surface area contributed by atoms with Gasteiger partial charge < -0.3 is 11.1 Å². The molecule has 0 aromatic heterocycles. The maximum absolute atomic E-state index is 11.4. The molecule has 0 aromatic carbocycles. The normalized spacial score (nSPS) is 30.6. The number of hydrogen-bond donors (Lipinski definition) is 2. The van der Waals surface area contributed by atoms with Gasteiger partial charge >= 0.3 is 0 Å². The van der Waals surface area contributed by atoms with E-state index >= 15 is 0 Å². The number of carbonyl (C=O) groups excluding carboxylic acids is 1. The molecule has 2 aliphatic heterocycles. The highest BCUT2D eigenvalue weighted by Gasteiger charge is 2.38. The van der Waals surface area contributed by atoms with Crippen molar-refractivity contribution in [2.24, 2.45) is 5.73 Å². The van der Waals surface area contributed by atoms with E-state index in [9.17, 15) is 4.79 Å². The van der Waals surface area contributed by atoms with Gasteiger partial charge in [-0.1, -0.05) is 0 Å². The molecule has 0 aromatic rings. The minimum Gasteiger partial charge on any atom is -0.354 e. The predicted molar refractivity (Wildman–Crippen MR) is 66.7 cm³/mol. The first-order valence-corrected chi connectivity index (χ1v) is 5.77. The van der Waals surface area contributed by atoms with Gasteiger partial charge in [0.2, 0.25) is 5.91 Å². The zero-order valence-electron chi connectivity index (χ0n) is 10.0. The summed E-state index contributed by atoms with van der Waals surface area (Å²) in [6.45, 7) is 5.78. The fourth-order valence-corrected chi connectivity index (χ4v) is 2.70. The summed E-state index contributed by atoms with van der Waals surface area (Å²) in [7, 11) is 0. The van der Waals surface area contributed by atoms with Crippen molar-refractivity contribution in [2.75, 3.05) is 13.1 Å². The van der Waals surface area contributed by atoms with E-state index in [2.05, 4.69) is 10.2 Å². The van der Waals surface area contributed by atoms with Crippen LogP contribution in [0.15, 0.2) is 0 Å². The van der Waals surface area contributed by atoms with Gasteiger partial charge in [0.25, 0.3) is 0 Å². The Morgan fingerprint density at radius 2 is 2.06 bits per heavy atom. The number of nitrogens with one attached hydrogen (secondary N) is 1. The molecule has 2 bridgehead atoms. The Morgan fingerprint density at radius 1 is 1.44 bits per heavy atom. The topological polar surface area (TPSA) is 58.4 Å². The van der Waals surface area contributed by atoms with Crippen LogP contribution in [0.25, 0.3) is 0 Å². The van der Waals surface area contributed by atoms with Crippen LogP contribution in [0, 0.1) is 0 Å². The lowest BCUT2D eigenvalue weighted by atomic mass is 10.0. The SMILES string of the molecule is CC(C)(N)CN1C2CCC1CC(=O)NC2.Cl. The summed E-state index contributed by atoms with van der Waals surface area (Å²) in [5, 5.41) is 2.97. The van der Waals surface area contributed by atoms with Crippen molar-refractivity contribution in [1.29, 1.82) is 0 Å². The second-order valence-corrected chi connectivity index (χ2v) is 5.55. The summed E-state index contributed by atoms with van der Waals surface area (Å²) in [5.74, 6) is 0.196. The lowest BCUT2D eigenvalue weighted by Crippen LogP contribution is -2.50. The summed E-state index contributed by atoms with van der Waals surface area (Å²) in [6, 6.07) is 0.921. The van der Waals surface area contributed by atoms with Crippen molar-refractivity contribution < 1.29 is 4.79 Å². The fourth-order valence-electron chi connectivity index (χ4n) is 2.70. The van der Waals surface area contributed by atoms with E-state index in [4.69, 9.17) is 5.73 Å². The Hall–Kier alpha value is -0.320. The third-order valence-electron chi connectivity index (χ3n) is 3.32. The highest BCUT2D eigenvalue weighted by atomic mass is 35.5. The summed E-state index contributed by atoms with van der Waals surface area (Å²) in [4.78, 5) is 13.8. The monoisotopic (exact) mass is 247 g/mol. The lowest BCUT2D eigenvalue weighted by Gasteiger charge is -2.33. The van der Waals surface area contributed by atoms with Crippen LogP contribution in [0.3, 0.4) is 0 Å². The van der Waals surface area contributed by atoms with E-state index in [1.807, 2.05) is 13.8 Å². The Labute approximate surface area is 103 Å². The Kier molecular flexibility index (Phi) is 4.21. The zero-order chi connectivity index (χ0) is 11.1. The van der Waals surface area contributed by atoms with Crippen molar-refractivity contribution in [3.63, 3.8) is 0 Å². The van der Waals surface area contributed by atoms with Gasteiger partial charge in [-0.3, -0.25) is 9.69 Å². The minimum atomic E-state index is -0.172. The van der Waals surface area contributed by atoms with E-state index in [0.717, 1.165) is 19.5 Å². The minimum absolute atomic E-state index is 0. The largest absolute Gasteiger partial charge is 0.354 e. The molecule has 0 spiro atoms. The second-order valence-electron chi connectivity index (χ2n) is 5.55. The van der Waals surface area contributed by atoms with Crippen LogP contribution >= 0.6 is 12.4 Å².